The second kappa shape index (κ2) is 10.6. The second-order valence-corrected chi connectivity index (χ2v) is 9.96. The number of nitrogens with one attached hydrogen (secondary N) is 2. The monoisotopic (exact) mass is 505 g/mol. The van der Waals surface area contributed by atoms with Crippen molar-refractivity contribution >= 4 is 34.9 Å². The molecule has 3 aromatic heterocycles. The van der Waals surface area contributed by atoms with Crippen molar-refractivity contribution in [3.8, 4) is 11.3 Å². The van der Waals surface area contributed by atoms with Gasteiger partial charge in [-0.05, 0) is 74.7 Å². The van der Waals surface area contributed by atoms with Crippen molar-refractivity contribution in [3.63, 3.8) is 0 Å². The number of aryl methyl sites for hydroxylation is 2. The molecule has 2 fully saturated rings. The fourth-order valence-corrected chi connectivity index (χ4v) is 5.10. The fourth-order valence-electron chi connectivity index (χ4n) is 4.43. The summed E-state index contributed by atoms with van der Waals surface area (Å²) in [6.45, 7) is 7.27. The summed E-state index contributed by atoms with van der Waals surface area (Å²) in [6, 6.07) is 5.84. The van der Waals surface area contributed by atoms with Gasteiger partial charge in [-0.3, -0.25) is 19.9 Å². The molecule has 2 saturated heterocycles. The van der Waals surface area contributed by atoms with E-state index in [2.05, 4.69) is 41.7 Å². The van der Waals surface area contributed by atoms with E-state index < -0.39 is 0 Å². The van der Waals surface area contributed by atoms with Crippen LogP contribution in [0, 0.1) is 19.8 Å². The molecule has 0 spiro atoms. The van der Waals surface area contributed by atoms with Crippen LogP contribution < -0.4 is 15.5 Å². The van der Waals surface area contributed by atoms with Crippen LogP contribution in [0.1, 0.15) is 35.6 Å². The summed E-state index contributed by atoms with van der Waals surface area (Å²) in [5.41, 5.74) is 4.44. The van der Waals surface area contributed by atoms with E-state index in [9.17, 15) is 9.59 Å². The van der Waals surface area contributed by atoms with Crippen LogP contribution in [0.15, 0.2) is 40.0 Å². The van der Waals surface area contributed by atoms with Crippen molar-refractivity contribution < 1.29 is 14.1 Å². The molecule has 0 aromatic carbocycles. The number of amides is 2. The lowest BCUT2D eigenvalue weighted by Crippen LogP contribution is -2.38. The number of imide groups is 1. The zero-order valence-electron chi connectivity index (χ0n) is 20.2. The second-order valence-electron chi connectivity index (χ2n) is 8.95. The highest BCUT2D eigenvalue weighted by molar-refractivity contribution is 8.18. The molecule has 0 saturated carbocycles. The van der Waals surface area contributed by atoms with Crippen LogP contribution in [-0.4, -0.2) is 50.9 Å². The molecule has 36 heavy (non-hydrogen) atoms. The third kappa shape index (κ3) is 5.47. The molecule has 11 heteroatoms. The summed E-state index contributed by atoms with van der Waals surface area (Å²) >= 11 is 0.887. The molecule has 0 atom stereocenters. The minimum absolute atomic E-state index is 0.350. The SMILES string of the molecule is Cc1noc(C)c1-c1ccc(CNCC2CCN(c3nccc(C=C4SC(=O)NC4=O)n3)CC2)cn1. The Morgan fingerprint density at radius 3 is 2.69 bits per heavy atom. The third-order valence-corrected chi connectivity index (χ3v) is 7.17. The highest BCUT2D eigenvalue weighted by Crippen LogP contribution is 2.27. The maximum Gasteiger partial charge on any atom is 0.290 e. The van der Waals surface area contributed by atoms with Gasteiger partial charge in [-0.25, -0.2) is 9.97 Å². The Hall–Kier alpha value is -3.57. The third-order valence-electron chi connectivity index (χ3n) is 6.36. The normalized spacial score (nSPS) is 17.7. The number of anilines is 1. The van der Waals surface area contributed by atoms with Crippen LogP contribution >= 0.6 is 11.8 Å². The standard InChI is InChI=1S/C25H27N7O3S/c1-15-22(16(2)35-31-15)20-4-3-18(14-28-20)13-26-12-17-6-9-32(10-7-17)24-27-8-5-19(29-24)11-21-23(33)30-25(34)36-21/h3-5,8,11,14,17,26H,6-7,9-10,12-13H2,1-2H3,(H,30,33,34). The van der Waals surface area contributed by atoms with Gasteiger partial charge >= 0.3 is 0 Å². The van der Waals surface area contributed by atoms with Crippen molar-refractivity contribution in [2.45, 2.75) is 33.2 Å². The van der Waals surface area contributed by atoms with Crippen LogP contribution in [0.4, 0.5) is 10.7 Å². The van der Waals surface area contributed by atoms with Gasteiger partial charge < -0.3 is 14.7 Å². The predicted octanol–water partition coefficient (Wildman–Crippen LogP) is 3.47. The topological polar surface area (TPSA) is 126 Å². The van der Waals surface area contributed by atoms with Gasteiger partial charge in [0, 0.05) is 32.0 Å². The minimum atomic E-state index is -0.384. The van der Waals surface area contributed by atoms with E-state index in [0.717, 1.165) is 79.1 Å². The number of piperidine rings is 1. The van der Waals surface area contributed by atoms with Gasteiger partial charge in [0.05, 0.1) is 27.6 Å². The first kappa shape index (κ1) is 24.1. The molecule has 5 rings (SSSR count). The van der Waals surface area contributed by atoms with Gasteiger partial charge in [0.25, 0.3) is 11.1 Å². The van der Waals surface area contributed by atoms with E-state index in [1.54, 1.807) is 18.3 Å². The van der Waals surface area contributed by atoms with Gasteiger partial charge in [0.15, 0.2) is 0 Å². The Bertz CT molecular complexity index is 1280. The first-order valence-electron chi connectivity index (χ1n) is 11.9. The molecule has 0 radical (unpaired) electrons. The lowest BCUT2D eigenvalue weighted by Gasteiger charge is -2.32. The smallest absolute Gasteiger partial charge is 0.290 e. The number of hydrogen-bond donors (Lipinski definition) is 2. The Kier molecular flexibility index (Phi) is 7.10. The number of thioether (sulfide) groups is 1. The van der Waals surface area contributed by atoms with Crippen LogP contribution in [0.3, 0.4) is 0 Å². The zero-order chi connectivity index (χ0) is 25.1. The summed E-state index contributed by atoms with van der Waals surface area (Å²) in [5, 5.41) is 9.46. The number of carbonyl (C=O) groups is 2. The maximum atomic E-state index is 11.8. The molecule has 2 amide bonds. The maximum absolute atomic E-state index is 11.8. The number of carbonyl (C=O) groups excluding carboxylic acids is 2. The van der Waals surface area contributed by atoms with E-state index in [0.29, 0.717) is 22.5 Å². The Labute approximate surface area is 213 Å². The number of rotatable bonds is 7. The first-order chi connectivity index (χ1) is 17.5. The van der Waals surface area contributed by atoms with Gasteiger partial charge in [-0.15, -0.1) is 0 Å². The summed E-state index contributed by atoms with van der Waals surface area (Å²) in [4.78, 5) is 39.3. The molecule has 10 nitrogen and oxygen atoms in total. The van der Waals surface area contributed by atoms with E-state index in [1.165, 1.54) is 0 Å². The molecule has 0 aliphatic carbocycles. The lowest BCUT2D eigenvalue weighted by atomic mass is 9.97. The Balaban J connectivity index is 1.10. The Morgan fingerprint density at radius 2 is 2.03 bits per heavy atom. The van der Waals surface area contributed by atoms with Crippen LogP contribution in [0.25, 0.3) is 17.3 Å². The molecule has 2 N–H and O–H groups in total. The molecule has 186 valence electrons. The van der Waals surface area contributed by atoms with E-state index in [1.807, 2.05) is 26.1 Å². The highest BCUT2D eigenvalue weighted by Gasteiger charge is 2.26. The summed E-state index contributed by atoms with van der Waals surface area (Å²) < 4.78 is 5.25. The molecular formula is C25H27N7O3S. The van der Waals surface area contributed by atoms with E-state index >= 15 is 0 Å². The van der Waals surface area contributed by atoms with Gasteiger partial charge in [0.2, 0.25) is 5.95 Å². The molecule has 5 heterocycles. The molecular weight excluding hydrogens is 478 g/mol. The molecule has 0 bridgehead atoms. The average molecular weight is 506 g/mol. The summed E-state index contributed by atoms with van der Waals surface area (Å²) in [6.07, 6.45) is 7.30. The minimum Gasteiger partial charge on any atom is -0.361 e. The highest BCUT2D eigenvalue weighted by atomic mass is 32.2. The fraction of sp³-hybridized carbons (Fsp3) is 0.360. The first-order valence-corrected chi connectivity index (χ1v) is 12.7. The van der Waals surface area contributed by atoms with Crippen molar-refractivity contribution in [1.82, 2.24) is 30.7 Å². The average Bonchev–Trinajstić information content (AvgIpc) is 3.39. The summed E-state index contributed by atoms with van der Waals surface area (Å²) in [5.74, 6) is 1.62. The molecule has 0 unspecified atom stereocenters. The number of nitrogens with zero attached hydrogens (tertiary/aromatic N) is 5. The lowest BCUT2D eigenvalue weighted by molar-refractivity contribution is -0.115. The zero-order valence-corrected chi connectivity index (χ0v) is 21.0. The van der Waals surface area contributed by atoms with Crippen LogP contribution in [0.5, 0.6) is 0 Å². The van der Waals surface area contributed by atoms with Crippen molar-refractivity contribution in [3.05, 3.63) is 58.2 Å². The van der Waals surface area contributed by atoms with Gasteiger partial charge in [-0.1, -0.05) is 11.2 Å². The molecule has 2 aliphatic rings. The van der Waals surface area contributed by atoms with Crippen molar-refractivity contribution in [2.24, 2.45) is 5.92 Å². The molecule has 2 aliphatic heterocycles. The van der Waals surface area contributed by atoms with Gasteiger partial charge in [0.1, 0.15) is 5.76 Å². The largest absolute Gasteiger partial charge is 0.361 e. The van der Waals surface area contributed by atoms with Crippen molar-refractivity contribution in [1.29, 1.82) is 0 Å². The molecule has 3 aromatic rings. The van der Waals surface area contributed by atoms with E-state index in [4.69, 9.17) is 4.52 Å². The van der Waals surface area contributed by atoms with E-state index in [-0.39, 0.29) is 11.1 Å². The number of aromatic nitrogens is 4. The summed E-state index contributed by atoms with van der Waals surface area (Å²) in [7, 11) is 0. The Morgan fingerprint density at radius 1 is 1.19 bits per heavy atom. The number of hydrogen-bond acceptors (Lipinski definition) is 10. The predicted molar refractivity (Wildman–Crippen MR) is 137 cm³/mol. The van der Waals surface area contributed by atoms with Crippen LogP contribution in [0.2, 0.25) is 0 Å². The number of pyridine rings is 1. The van der Waals surface area contributed by atoms with Crippen LogP contribution in [-0.2, 0) is 11.3 Å². The quantitative estimate of drug-likeness (QED) is 0.461. The van der Waals surface area contributed by atoms with Crippen molar-refractivity contribution in [2.75, 3.05) is 24.5 Å². The van der Waals surface area contributed by atoms with Gasteiger partial charge in [-0.2, -0.15) is 0 Å².